The average Bonchev–Trinajstić information content (AvgIpc) is 2.08. The third kappa shape index (κ3) is 3.79. The van der Waals surface area contributed by atoms with Gasteiger partial charge in [-0.3, -0.25) is 4.79 Å². The third-order valence-electron chi connectivity index (χ3n) is 3.13. The number of aliphatic carboxylic acids is 1. The number of hydrogen-bond acceptors (Lipinski definition) is 1. The monoisotopic (exact) mass is 184 g/mol. The molecule has 13 heavy (non-hydrogen) atoms. The highest BCUT2D eigenvalue weighted by Gasteiger charge is 2.21. The van der Waals surface area contributed by atoms with Crippen LogP contribution in [0.25, 0.3) is 0 Å². The fourth-order valence-corrected chi connectivity index (χ4v) is 2.38. The van der Waals surface area contributed by atoms with E-state index in [4.69, 9.17) is 5.11 Å². The Morgan fingerprint density at radius 2 is 1.77 bits per heavy atom. The molecule has 0 spiro atoms. The lowest BCUT2D eigenvalue weighted by Crippen LogP contribution is -2.17. The zero-order valence-corrected chi connectivity index (χ0v) is 8.46. The van der Waals surface area contributed by atoms with Crippen LogP contribution >= 0.6 is 0 Å². The van der Waals surface area contributed by atoms with Gasteiger partial charge < -0.3 is 5.11 Å². The average molecular weight is 184 g/mol. The number of rotatable bonds is 4. The molecule has 1 saturated carbocycles. The van der Waals surface area contributed by atoms with Crippen molar-refractivity contribution < 1.29 is 9.90 Å². The van der Waals surface area contributed by atoms with Gasteiger partial charge in [-0.25, -0.2) is 0 Å². The van der Waals surface area contributed by atoms with Gasteiger partial charge in [-0.1, -0.05) is 32.6 Å². The Morgan fingerprint density at radius 1 is 1.23 bits per heavy atom. The van der Waals surface area contributed by atoms with Gasteiger partial charge >= 0.3 is 5.97 Å². The van der Waals surface area contributed by atoms with Crippen LogP contribution in [-0.4, -0.2) is 11.1 Å². The van der Waals surface area contributed by atoms with Crippen LogP contribution in [-0.2, 0) is 4.79 Å². The molecule has 0 radical (unpaired) electrons. The van der Waals surface area contributed by atoms with Crippen molar-refractivity contribution in [1.82, 2.24) is 0 Å². The maximum absolute atomic E-state index is 10.5. The van der Waals surface area contributed by atoms with Crippen LogP contribution < -0.4 is 0 Å². The predicted molar refractivity (Wildman–Crippen MR) is 52.6 cm³/mol. The van der Waals surface area contributed by atoms with E-state index in [1.54, 1.807) is 0 Å². The Labute approximate surface area is 80.3 Å². The first-order chi connectivity index (χ1) is 6.22. The van der Waals surface area contributed by atoms with E-state index in [2.05, 4.69) is 6.92 Å². The van der Waals surface area contributed by atoms with Crippen molar-refractivity contribution in [2.45, 2.75) is 51.9 Å². The fraction of sp³-hybridized carbons (Fsp3) is 0.909. The molecular formula is C11H20O2. The molecule has 0 bridgehead atoms. The summed E-state index contributed by atoms with van der Waals surface area (Å²) < 4.78 is 0. The molecule has 76 valence electrons. The summed E-state index contributed by atoms with van der Waals surface area (Å²) in [6.07, 6.45) is 7.78. The van der Waals surface area contributed by atoms with E-state index in [0.717, 1.165) is 18.8 Å². The van der Waals surface area contributed by atoms with Crippen LogP contribution in [0, 0.1) is 11.8 Å². The molecule has 0 aromatic rings. The Morgan fingerprint density at radius 3 is 2.23 bits per heavy atom. The van der Waals surface area contributed by atoms with Crippen LogP contribution in [0.5, 0.6) is 0 Å². The number of carbonyl (C=O) groups is 1. The Kier molecular flexibility index (Phi) is 4.26. The van der Waals surface area contributed by atoms with E-state index in [1.807, 2.05) is 0 Å². The summed E-state index contributed by atoms with van der Waals surface area (Å²) in [5.41, 5.74) is 0. The van der Waals surface area contributed by atoms with Crippen molar-refractivity contribution in [3.8, 4) is 0 Å². The first-order valence-corrected chi connectivity index (χ1v) is 5.44. The second-order valence-electron chi connectivity index (χ2n) is 4.27. The molecule has 0 amide bonds. The van der Waals surface area contributed by atoms with Crippen molar-refractivity contribution in [1.29, 1.82) is 0 Å². The summed E-state index contributed by atoms with van der Waals surface area (Å²) >= 11 is 0. The molecule has 0 aromatic heterocycles. The lowest BCUT2D eigenvalue weighted by Gasteiger charge is -2.27. The molecule has 0 atom stereocenters. The van der Waals surface area contributed by atoms with Gasteiger partial charge in [0.1, 0.15) is 0 Å². The lowest BCUT2D eigenvalue weighted by atomic mass is 9.79. The largest absolute Gasteiger partial charge is 0.481 e. The highest BCUT2D eigenvalue weighted by molar-refractivity contribution is 5.67. The number of carboxylic acids is 1. The smallest absolute Gasteiger partial charge is 0.303 e. The molecular weight excluding hydrogens is 164 g/mol. The van der Waals surface area contributed by atoms with Gasteiger partial charge in [-0.05, 0) is 24.7 Å². The Balaban J connectivity index is 2.18. The standard InChI is InChI=1S/C11H20O2/c1-2-3-9-4-6-10(7-5-9)8-11(12)13/h9-10H,2-8H2,1H3,(H,12,13). The lowest BCUT2D eigenvalue weighted by molar-refractivity contribution is -0.138. The minimum Gasteiger partial charge on any atom is -0.481 e. The van der Waals surface area contributed by atoms with Crippen LogP contribution in [0.15, 0.2) is 0 Å². The van der Waals surface area contributed by atoms with Crippen LogP contribution in [0.2, 0.25) is 0 Å². The number of carboxylic acid groups (broad SMARTS) is 1. The summed E-state index contributed by atoms with van der Waals surface area (Å²) in [4.78, 5) is 10.5. The molecule has 1 rings (SSSR count). The minimum absolute atomic E-state index is 0.388. The van der Waals surface area contributed by atoms with E-state index < -0.39 is 5.97 Å². The molecule has 2 nitrogen and oxygen atoms in total. The summed E-state index contributed by atoms with van der Waals surface area (Å²) in [6, 6.07) is 0. The zero-order chi connectivity index (χ0) is 9.68. The van der Waals surface area contributed by atoms with Crippen LogP contribution in [0.3, 0.4) is 0 Å². The van der Waals surface area contributed by atoms with Crippen molar-refractivity contribution in [2.75, 3.05) is 0 Å². The maximum atomic E-state index is 10.5. The summed E-state index contributed by atoms with van der Waals surface area (Å²) in [7, 11) is 0. The first-order valence-electron chi connectivity index (χ1n) is 5.44. The quantitative estimate of drug-likeness (QED) is 0.729. The maximum Gasteiger partial charge on any atom is 0.303 e. The molecule has 1 aliphatic rings. The van der Waals surface area contributed by atoms with E-state index in [0.29, 0.717) is 12.3 Å². The van der Waals surface area contributed by atoms with Gasteiger partial charge in [0.2, 0.25) is 0 Å². The highest BCUT2D eigenvalue weighted by Crippen LogP contribution is 2.32. The van der Waals surface area contributed by atoms with Gasteiger partial charge in [-0.2, -0.15) is 0 Å². The molecule has 0 aromatic carbocycles. The van der Waals surface area contributed by atoms with E-state index in [-0.39, 0.29) is 0 Å². The van der Waals surface area contributed by atoms with Crippen molar-refractivity contribution in [3.05, 3.63) is 0 Å². The zero-order valence-electron chi connectivity index (χ0n) is 8.46. The van der Waals surface area contributed by atoms with Crippen molar-refractivity contribution in [3.63, 3.8) is 0 Å². The van der Waals surface area contributed by atoms with E-state index in [9.17, 15) is 4.79 Å². The van der Waals surface area contributed by atoms with Gasteiger partial charge in [0.15, 0.2) is 0 Å². The van der Waals surface area contributed by atoms with Crippen LogP contribution in [0.4, 0.5) is 0 Å². The summed E-state index contributed by atoms with van der Waals surface area (Å²) in [5, 5.41) is 8.63. The van der Waals surface area contributed by atoms with Gasteiger partial charge in [0.25, 0.3) is 0 Å². The molecule has 0 saturated heterocycles. The second-order valence-corrected chi connectivity index (χ2v) is 4.27. The topological polar surface area (TPSA) is 37.3 Å². The highest BCUT2D eigenvalue weighted by atomic mass is 16.4. The first kappa shape index (κ1) is 10.6. The Bertz CT molecular complexity index is 157. The molecule has 1 N–H and O–H groups in total. The molecule has 2 heteroatoms. The van der Waals surface area contributed by atoms with Crippen molar-refractivity contribution >= 4 is 5.97 Å². The van der Waals surface area contributed by atoms with Gasteiger partial charge in [0, 0.05) is 6.42 Å². The van der Waals surface area contributed by atoms with E-state index >= 15 is 0 Å². The molecule has 0 unspecified atom stereocenters. The summed E-state index contributed by atoms with van der Waals surface area (Å²) in [5.74, 6) is 0.722. The fourth-order valence-electron chi connectivity index (χ4n) is 2.38. The van der Waals surface area contributed by atoms with Gasteiger partial charge in [0.05, 0.1) is 0 Å². The predicted octanol–water partition coefficient (Wildman–Crippen LogP) is 3.07. The molecule has 0 aliphatic heterocycles. The second kappa shape index (κ2) is 5.25. The summed E-state index contributed by atoms with van der Waals surface area (Å²) in [6.45, 7) is 2.23. The van der Waals surface area contributed by atoms with Crippen LogP contribution in [0.1, 0.15) is 51.9 Å². The minimum atomic E-state index is -0.626. The molecule has 1 aliphatic carbocycles. The molecule has 1 fully saturated rings. The molecule has 0 heterocycles. The Hall–Kier alpha value is -0.530. The van der Waals surface area contributed by atoms with E-state index in [1.165, 1.54) is 25.7 Å². The normalized spacial score (nSPS) is 28.7. The number of hydrogen-bond donors (Lipinski definition) is 1. The SMILES string of the molecule is CCCC1CCC(CC(=O)O)CC1. The van der Waals surface area contributed by atoms with Gasteiger partial charge in [-0.15, -0.1) is 0 Å². The third-order valence-corrected chi connectivity index (χ3v) is 3.13. The van der Waals surface area contributed by atoms with Crippen molar-refractivity contribution in [2.24, 2.45) is 11.8 Å².